The highest BCUT2D eigenvalue weighted by Gasteiger charge is 2.07. The van der Waals surface area contributed by atoms with Crippen molar-refractivity contribution in [1.29, 1.82) is 0 Å². The average molecular weight is 274 g/mol. The lowest BCUT2D eigenvalue weighted by molar-refractivity contribution is 0.241. The summed E-state index contributed by atoms with van der Waals surface area (Å²) in [6.45, 7) is 4.43. The van der Waals surface area contributed by atoms with E-state index >= 15 is 0 Å². The molecule has 0 unspecified atom stereocenters. The van der Waals surface area contributed by atoms with Crippen LogP contribution in [-0.2, 0) is 6.54 Å². The SMILES string of the molecule is CNCc1cc(-c2cncc(OC(C)C)c2)ccc1F. The maximum absolute atomic E-state index is 13.6. The fourth-order valence-corrected chi connectivity index (χ4v) is 1.99. The molecule has 2 rings (SSSR count). The van der Waals surface area contributed by atoms with Crippen LogP contribution in [0.1, 0.15) is 19.4 Å². The van der Waals surface area contributed by atoms with Gasteiger partial charge in [-0.1, -0.05) is 6.07 Å². The molecule has 0 radical (unpaired) electrons. The molecular formula is C16H19FN2O. The standard InChI is InChI=1S/C16H19FN2O/c1-11(2)20-15-7-13(9-19-10-15)12-4-5-16(17)14(6-12)8-18-3/h4-7,9-11,18H,8H2,1-3H3. The Bertz CT molecular complexity index is 584. The highest BCUT2D eigenvalue weighted by atomic mass is 19.1. The van der Waals surface area contributed by atoms with E-state index in [0.29, 0.717) is 12.1 Å². The summed E-state index contributed by atoms with van der Waals surface area (Å²) in [5.41, 5.74) is 2.49. The Morgan fingerprint density at radius 2 is 2.00 bits per heavy atom. The molecule has 0 amide bonds. The lowest BCUT2D eigenvalue weighted by atomic mass is 10.0. The van der Waals surface area contributed by atoms with Gasteiger partial charge in [-0.15, -0.1) is 0 Å². The fourth-order valence-electron chi connectivity index (χ4n) is 1.99. The van der Waals surface area contributed by atoms with E-state index in [2.05, 4.69) is 10.3 Å². The van der Waals surface area contributed by atoms with Crippen LogP contribution in [0.2, 0.25) is 0 Å². The van der Waals surface area contributed by atoms with Crippen molar-refractivity contribution in [2.24, 2.45) is 0 Å². The quantitative estimate of drug-likeness (QED) is 0.907. The molecule has 0 atom stereocenters. The lowest BCUT2D eigenvalue weighted by Crippen LogP contribution is -2.07. The average Bonchev–Trinajstić information content (AvgIpc) is 2.41. The Hall–Kier alpha value is -1.94. The van der Waals surface area contributed by atoms with E-state index in [0.717, 1.165) is 16.9 Å². The summed E-state index contributed by atoms with van der Waals surface area (Å²) in [4.78, 5) is 4.18. The van der Waals surface area contributed by atoms with E-state index in [-0.39, 0.29) is 11.9 Å². The molecule has 0 aliphatic heterocycles. The van der Waals surface area contributed by atoms with Crippen molar-refractivity contribution in [3.63, 3.8) is 0 Å². The summed E-state index contributed by atoms with van der Waals surface area (Å²) >= 11 is 0. The third kappa shape index (κ3) is 3.54. The van der Waals surface area contributed by atoms with Gasteiger partial charge in [0.2, 0.25) is 0 Å². The minimum atomic E-state index is -0.203. The predicted octanol–water partition coefficient (Wildman–Crippen LogP) is 3.39. The highest BCUT2D eigenvalue weighted by molar-refractivity contribution is 5.64. The maximum atomic E-state index is 13.6. The molecule has 106 valence electrons. The van der Waals surface area contributed by atoms with Gasteiger partial charge < -0.3 is 10.1 Å². The monoisotopic (exact) mass is 274 g/mol. The summed E-state index contributed by atoms with van der Waals surface area (Å²) in [6, 6.07) is 6.99. The Morgan fingerprint density at radius 1 is 1.20 bits per heavy atom. The number of halogens is 1. The van der Waals surface area contributed by atoms with Crippen molar-refractivity contribution >= 4 is 0 Å². The number of pyridine rings is 1. The summed E-state index contributed by atoms with van der Waals surface area (Å²) in [7, 11) is 1.80. The first-order chi connectivity index (χ1) is 9.60. The first-order valence-corrected chi connectivity index (χ1v) is 6.65. The van der Waals surface area contributed by atoms with Gasteiger partial charge >= 0.3 is 0 Å². The van der Waals surface area contributed by atoms with E-state index in [9.17, 15) is 4.39 Å². The van der Waals surface area contributed by atoms with Crippen LogP contribution < -0.4 is 10.1 Å². The smallest absolute Gasteiger partial charge is 0.138 e. The van der Waals surface area contributed by atoms with Gasteiger partial charge in [0, 0.05) is 23.9 Å². The molecule has 20 heavy (non-hydrogen) atoms. The van der Waals surface area contributed by atoms with Crippen molar-refractivity contribution in [2.75, 3.05) is 7.05 Å². The summed E-state index contributed by atoms with van der Waals surface area (Å²) < 4.78 is 19.3. The van der Waals surface area contributed by atoms with Gasteiger partial charge in [0.1, 0.15) is 11.6 Å². The van der Waals surface area contributed by atoms with Crippen LogP contribution in [0.15, 0.2) is 36.7 Å². The van der Waals surface area contributed by atoms with Gasteiger partial charge in [-0.05, 0) is 44.7 Å². The predicted molar refractivity (Wildman–Crippen MR) is 78.2 cm³/mol. The fraction of sp³-hybridized carbons (Fsp3) is 0.312. The molecule has 1 N–H and O–H groups in total. The van der Waals surface area contributed by atoms with E-state index < -0.39 is 0 Å². The van der Waals surface area contributed by atoms with Crippen LogP contribution >= 0.6 is 0 Å². The van der Waals surface area contributed by atoms with Gasteiger partial charge in [-0.25, -0.2) is 4.39 Å². The zero-order valence-electron chi connectivity index (χ0n) is 12.0. The largest absolute Gasteiger partial charge is 0.489 e. The maximum Gasteiger partial charge on any atom is 0.138 e. The number of ether oxygens (including phenoxy) is 1. The first-order valence-electron chi connectivity index (χ1n) is 6.65. The van der Waals surface area contributed by atoms with Crippen molar-refractivity contribution in [1.82, 2.24) is 10.3 Å². The van der Waals surface area contributed by atoms with Crippen LogP contribution in [-0.4, -0.2) is 18.1 Å². The Morgan fingerprint density at radius 3 is 2.70 bits per heavy atom. The number of hydrogen-bond donors (Lipinski definition) is 1. The number of hydrogen-bond acceptors (Lipinski definition) is 3. The molecule has 0 spiro atoms. The van der Waals surface area contributed by atoms with Crippen molar-refractivity contribution in [3.05, 3.63) is 48.0 Å². The van der Waals surface area contributed by atoms with Crippen LogP contribution in [0.4, 0.5) is 4.39 Å². The molecule has 0 fully saturated rings. The van der Waals surface area contributed by atoms with Crippen LogP contribution in [0.25, 0.3) is 11.1 Å². The molecule has 1 aromatic carbocycles. The molecular weight excluding hydrogens is 255 g/mol. The van der Waals surface area contributed by atoms with Crippen LogP contribution in [0.3, 0.4) is 0 Å². The molecule has 0 saturated heterocycles. The van der Waals surface area contributed by atoms with Crippen molar-refractivity contribution in [2.45, 2.75) is 26.5 Å². The van der Waals surface area contributed by atoms with Gasteiger partial charge in [0.15, 0.2) is 0 Å². The highest BCUT2D eigenvalue weighted by Crippen LogP contribution is 2.25. The summed E-state index contributed by atoms with van der Waals surface area (Å²) in [5, 5.41) is 2.96. The molecule has 0 saturated carbocycles. The molecule has 0 aliphatic rings. The Kier molecular flexibility index (Phi) is 4.69. The number of benzene rings is 1. The second-order valence-electron chi connectivity index (χ2n) is 4.91. The Balaban J connectivity index is 2.33. The van der Waals surface area contributed by atoms with Gasteiger partial charge in [-0.2, -0.15) is 0 Å². The number of nitrogens with zero attached hydrogens (tertiary/aromatic N) is 1. The minimum absolute atomic E-state index is 0.0973. The second kappa shape index (κ2) is 6.48. The minimum Gasteiger partial charge on any atom is -0.489 e. The normalized spacial score (nSPS) is 10.8. The number of aromatic nitrogens is 1. The molecule has 1 aromatic heterocycles. The van der Waals surface area contributed by atoms with Crippen molar-refractivity contribution < 1.29 is 9.13 Å². The van der Waals surface area contributed by atoms with Gasteiger partial charge in [-0.3, -0.25) is 4.98 Å². The van der Waals surface area contributed by atoms with E-state index in [1.54, 1.807) is 25.5 Å². The Labute approximate surface area is 118 Å². The van der Waals surface area contributed by atoms with E-state index in [1.165, 1.54) is 6.07 Å². The number of nitrogens with one attached hydrogen (secondary N) is 1. The van der Waals surface area contributed by atoms with Crippen LogP contribution in [0.5, 0.6) is 5.75 Å². The van der Waals surface area contributed by atoms with Gasteiger partial charge in [0.25, 0.3) is 0 Å². The zero-order chi connectivity index (χ0) is 14.5. The first kappa shape index (κ1) is 14.5. The third-order valence-electron chi connectivity index (χ3n) is 2.83. The molecule has 0 aliphatic carbocycles. The van der Waals surface area contributed by atoms with E-state index in [4.69, 9.17) is 4.74 Å². The zero-order valence-corrected chi connectivity index (χ0v) is 12.0. The summed E-state index contributed by atoms with van der Waals surface area (Å²) in [6.07, 6.45) is 3.53. The molecule has 1 heterocycles. The summed E-state index contributed by atoms with van der Waals surface area (Å²) in [5.74, 6) is 0.516. The molecule has 0 bridgehead atoms. The van der Waals surface area contributed by atoms with Crippen molar-refractivity contribution in [3.8, 4) is 16.9 Å². The molecule has 4 heteroatoms. The number of rotatable bonds is 5. The second-order valence-corrected chi connectivity index (χ2v) is 4.91. The topological polar surface area (TPSA) is 34.2 Å². The van der Waals surface area contributed by atoms with Crippen LogP contribution in [0, 0.1) is 5.82 Å². The van der Waals surface area contributed by atoms with E-state index in [1.807, 2.05) is 26.0 Å². The van der Waals surface area contributed by atoms with Gasteiger partial charge in [0.05, 0.1) is 12.3 Å². The third-order valence-corrected chi connectivity index (χ3v) is 2.83. The lowest BCUT2D eigenvalue weighted by Gasteiger charge is -2.11. The molecule has 3 nitrogen and oxygen atoms in total. The molecule has 2 aromatic rings.